The van der Waals surface area contributed by atoms with E-state index in [9.17, 15) is 8.78 Å². The maximum atomic E-state index is 14.1. The third kappa shape index (κ3) is 2.62. The highest BCUT2D eigenvalue weighted by Crippen LogP contribution is 2.31. The number of aryl methyl sites for hydroxylation is 2. The molecule has 0 aliphatic rings. The predicted octanol–water partition coefficient (Wildman–Crippen LogP) is 4.28. The van der Waals surface area contributed by atoms with E-state index >= 15 is 0 Å². The first-order chi connectivity index (χ1) is 8.91. The Hall–Kier alpha value is -1.45. The quantitative estimate of drug-likeness (QED) is 0.873. The first-order valence-electron chi connectivity index (χ1n) is 5.88. The van der Waals surface area contributed by atoms with Gasteiger partial charge in [-0.1, -0.05) is 29.8 Å². The van der Waals surface area contributed by atoms with Crippen molar-refractivity contribution < 1.29 is 8.78 Å². The molecule has 0 fully saturated rings. The summed E-state index contributed by atoms with van der Waals surface area (Å²) in [5, 5.41) is -0.0608. The van der Waals surface area contributed by atoms with E-state index in [0.29, 0.717) is 11.1 Å². The minimum Gasteiger partial charge on any atom is -0.320 e. The zero-order valence-corrected chi connectivity index (χ0v) is 11.4. The van der Waals surface area contributed by atoms with Gasteiger partial charge in [0.05, 0.1) is 11.1 Å². The lowest BCUT2D eigenvalue weighted by Crippen LogP contribution is -2.16. The SMILES string of the molecule is Cc1cc(C)c(C(N)c2cccc(F)c2Cl)c(F)c1. The van der Waals surface area contributed by atoms with Crippen LogP contribution in [0.4, 0.5) is 8.78 Å². The van der Waals surface area contributed by atoms with Crippen molar-refractivity contribution in [1.82, 2.24) is 0 Å². The smallest absolute Gasteiger partial charge is 0.142 e. The Balaban J connectivity index is 2.56. The second-order valence-corrected chi connectivity index (χ2v) is 4.98. The molecule has 0 aliphatic heterocycles. The third-order valence-corrected chi connectivity index (χ3v) is 3.51. The van der Waals surface area contributed by atoms with Crippen molar-refractivity contribution >= 4 is 11.6 Å². The van der Waals surface area contributed by atoms with Crippen molar-refractivity contribution in [3.8, 4) is 0 Å². The number of halogens is 3. The Morgan fingerprint density at radius 1 is 1.11 bits per heavy atom. The van der Waals surface area contributed by atoms with Crippen molar-refractivity contribution in [2.45, 2.75) is 19.9 Å². The maximum absolute atomic E-state index is 14.1. The lowest BCUT2D eigenvalue weighted by molar-refractivity contribution is 0.592. The van der Waals surface area contributed by atoms with Gasteiger partial charge in [0.2, 0.25) is 0 Å². The fraction of sp³-hybridized carbons (Fsp3) is 0.200. The molecule has 0 aromatic heterocycles. The zero-order valence-electron chi connectivity index (χ0n) is 10.7. The topological polar surface area (TPSA) is 26.0 Å². The molecule has 2 aromatic carbocycles. The molecule has 0 radical (unpaired) electrons. The highest BCUT2D eigenvalue weighted by atomic mass is 35.5. The van der Waals surface area contributed by atoms with Crippen LogP contribution in [0.3, 0.4) is 0 Å². The van der Waals surface area contributed by atoms with E-state index in [-0.39, 0.29) is 5.02 Å². The summed E-state index contributed by atoms with van der Waals surface area (Å²) in [6.07, 6.45) is 0. The van der Waals surface area contributed by atoms with E-state index in [0.717, 1.165) is 11.1 Å². The molecule has 4 heteroatoms. The van der Waals surface area contributed by atoms with Crippen LogP contribution in [0.25, 0.3) is 0 Å². The van der Waals surface area contributed by atoms with Crippen molar-refractivity contribution in [1.29, 1.82) is 0 Å². The molecular weight excluding hydrogens is 268 g/mol. The second-order valence-electron chi connectivity index (χ2n) is 4.60. The fourth-order valence-electron chi connectivity index (χ4n) is 2.24. The van der Waals surface area contributed by atoms with Gasteiger partial charge < -0.3 is 5.73 Å². The molecule has 0 heterocycles. The predicted molar refractivity (Wildman–Crippen MR) is 73.3 cm³/mol. The van der Waals surface area contributed by atoms with Crippen LogP contribution in [-0.2, 0) is 0 Å². The van der Waals surface area contributed by atoms with Crippen LogP contribution >= 0.6 is 11.6 Å². The summed E-state index contributed by atoms with van der Waals surface area (Å²) >= 11 is 5.90. The zero-order chi connectivity index (χ0) is 14.2. The van der Waals surface area contributed by atoms with Gasteiger partial charge in [-0.05, 0) is 42.7 Å². The van der Waals surface area contributed by atoms with Gasteiger partial charge in [-0.3, -0.25) is 0 Å². The van der Waals surface area contributed by atoms with Crippen LogP contribution < -0.4 is 5.73 Å². The van der Waals surface area contributed by atoms with E-state index in [1.807, 2.05) is 6.07 Å². The Bertz CT molecular complexity index is 603. The van der Waals surface area contributed by atoms with Gasteiger partial charge in [0.15, 0.2) is 0 Å². The molecule has 2 rings (SSSR count). The van der Waals surface area contributed by atoms with Gasteiger partial charge in [-0.2, -0.15) is 0 Å². The average molecular weight is 282 g/mol. The summed E-state index contributed by atoms with van der Waals surface area (Å²) in [7, 11) is 0. The lowest BCUT2D eigenvalue weighted by atomic mass is 9.94. The highest BCUT2D eigenvalue weighted by Gasteiger charge is 2.20. The molecule has 0 saturated heterocycles. The van der Waals surface area contributed by atoms with Crippen LogP contribution in [0.5, 0.6) is 0 Å². The average Bonchev–Trinajstić information content (AvgIpc) is 2.31. The number of rotatable bonds is 2. The largest absolute Gasteiger partial charge is 0.320 e. The third-order valence-electron chi connectivity index (χ3n) is 3.11. The highest BCUT2D eigenvalue weighted by molar-refractivity contribution is 6.31. The van der Waals surface area contributed by atoms with Gasteiger partial charge in [-0.25, -0.2) is 8.78 Å². The van der Waals surface area contributed by atoms with Gasteiger partial charge in [0.25, 0.3) is 0 Å². The first-order valence-corrected chi connectivity index (χ1v) is 6.25. The summed E-state index contributed by atoms with van der Waals surface area (Å²) in [5.41, 5.74) is 8.32. The molecule has 2 N–H and O–H groups in total. The summed E-state index contributed by atoms with van der Waals surface area (Å²) < 4.78 is 27.5. The van der Waals surface area contributed by atoms with Gasteiger partial charge in [-0.15, -0.1) is 0 Å². The van der Waals surface area contributed by atoms with E-state index in [1.54, 1.807) is 19.9 Å². The van der Waals surface area contributed by atoms with E-state index in [1.165, 1.54) is 18.2 Å². The lowest BCUT2D eigenvalue weighted by Gasteiger charge is -2.18. The molecule has 1 nitrogen and oxygen atoms in total. The van der Waals surface area contributed by atoms with Crippen molar-refractivity contribution in [2.24, 2.45) is 5.73 Å². The van der Waals surface area contributed by atoms with Crippen molar-refractivity contribution in [3.05, 3.63) is 69.2 Å². The molecule has 100 valence electrons. The number of nitrogens with two attached hydrogens (primary N) is 1. The summed E-state index contributed by atoms with van der Waals surface area (Å²) in [6, 6.07) is 6.83. The maximum Gasteiger partial charge on any atom is 0.142 e. The Labute approximate surface area is 116 Å². The first kappa shape index (κ1) is 14.0. The van der Waals surface area contributed by atoms with E-state index < -0.39 is 17.7 Å². The van der Waals surface area contributed by atoms with Gasteiger partial charge in [0.1, 0.15) is 11.6 Å². The molecule has 1 unspecified atom stereocenters. The molecule has 19 heavy (non-hydrogen) atoms. The van der Waals surface area contributed by atoms with E-state index in [4.69, 9.17) is 17.3 Å². The molecule has 0 bridgehead atoms. The number of hydrogen-bond acceptors (Lipinski definition) is 1. The summed E-state index contributed by atoms with van der Waals surface area (Å²) in [5.74, 6) is -0.954. The molecule has 1 atom stereocenters. The van der Waals surface area contributed by atoms with Crippen molar-refractivity contribution in [2.75, 3.05) is 0 Å². The number of hydrogen-bond donors (Lipinski definition) is 1. The molecule has 0 aliphatic carbocycles. The Morgan fingerprint density at radius 2 is 1.79 bits per heavy atom. The van der Waals surface area contributed by atoms with Gasteiger partial charge in [0, 0.05) is 5.56 Å². The Morgan fingerprint density at radius 3 is 2.42 bits per heavy atom. The molecule has 0 spiro atoms. The van der Waals surface area contributed by atoms with E-state index in [2.05, 4.69) is 0 Å². The van der Waals surface area contributed by atoms with Crippen LogP contribution in [0.1, 0.15) is 28.3 Å². The Kier molecular flexibility index (Phi) is 3.88. The van der Waals surface area contributed by atoms with Gasteiger partial charge >= 0.3 is 0 Å². The molecule has 2 aromatic rings. The molecule has 0 saturated carbocycles. The molecule has 0 amide bonds. The van der Waals surface area contributed by atoms with Crippen LogP contribution in [0.15, 0.2) is 30.3 Å². The number of benzene rings is 2. The minimum atomic E-state index is -0.788. The minimum absolute atomic E-state index is 0.0608. The normalized spacial score (nSPS) is 12.5. The summed E-state index contributed by atoms with van der Waals surface area (Å²) in [4.78, 5) is 0. The van der Waals surface area contributed by atoms with Crippen LogP contribution in [0, 0.1) is 25.5 Å². The second kappa shape index (κ2) is 5.27. The fourth-order valence-corrected chi connectivity index (χ4v) is 2.48. The molecular formula is C15H14ClF2N. The van der Waals surface area contributed by atoms with Crippen molar-refractivity contribution in [3.63, 3.8) is 0 Å². The van der Waals surface area contributed by atoms with Crippen LogP contribution in [0.2, 0.25) is 5.02 Å². The van der Waals surface area contributed by atoms with Crippen LogP contribution in [-0.4, -0.2) is 0 Å². The monoisotopic (exact) mass is 281 g/mol. The standard InChI is InChI=1S/C15H14ClF2N/c1-8-6-9(2)13(12(18)7-8)15(19)10-4-3-5-11(17)14(10)16/h3-7,15H,19H2,1-2H3. The summed E-state index contributed by atoms with van der Waals surface area (Å²) in [6.45, 7) is 3.58.